The first-order chi connectivity index (χ1) is 9.13. The lowest BCUT2D eigenvalue weighted by Gasteiger charge is -2.13. The Morgan fingerprint density at radius 1 is 1.42 bits per heavy atom. The fraction of sp³-hybridized carbons (Fsp3) is 0.429. The van der Waals surface area contributed by atoms with Gasteiger partial charge in [-0.25, -0.2) is 9.37 Å². The lowest BCUT2D eigenvalue weighted by Crippen LogP contribution is -2.11. The van der Waals surface area contributed by atoms with Gasteiger partial charge in [-0.1, -0.05) is 25.1 Å². The van der Waals surface area contributed by atoms with E-state index in [2.05, 4.69) is 10.1 Å². The minimum absolute atomic E-state index is 0.264. The van der Waals surface area contributed by atoms with E-state index in [9.17, 15) is 9.50 Å². The Labute approximate surface area is 111 Å². The molecule has 0 aliphatic heterocycles. The average Bonchev–Trinajstić information content (AvgIpc) is 2.80. The molecule has 1 atom stereocenters. The second kappa shape index (κ2) is 5.93. The van der Waals surface area contributed by atoms with Crippen LogP contribution in [0.15, 0.2) is 24.5 Å². The molecule has 102 valence electrons. The van der Waals surface area contributed by atoms with Crippen LogP contribution in [0.5, 0.6) is 0 Å². The van der Waals surface area contributed by atoms with Gasteiger partial charge < -0.3 is 5.11 Å². The van der Waals surface area contributed by atoms with Gasteiger partial charge in [0.2, 0.25) is 0 Å². The number of halogens is 1. The summed E-state index contributed by atoms with van der Waals surface area (Å²) in [6.07, 6.45) is 1.76. The Morgan fingerprint density at radius 2 is 2.21 bits per heavy atom. The molecule has 0 saturated carbocycles. The van der Waals surface area contributed by atoms with Gasteiger partial charge in [-0.2, -0.15) is 5.10 Å². The molecular formula is C14H18FN3O. The standard InChI is InChI=1S/C14H18FN3O/c1-3-7-18-13(16-9-17-18)8-12(19)11-6-4-5-10(2)14(11)15/h4-6,9,12,19H,3,7-8H2,1-2H3. The van der Waals surface area contributed by atoms with Crippen LogP contribution < -0.4 is 0 Å². The van der Waals surface area contributed by atoms with Crippen molar-refractivity contribution in [3.05, 3.63) is 47.3 Å². The highest BCUT2D eigenvalue weighted by molar-refractivity contribution is 5.27. The van der Waals surface area contributed by atoms with E-state index in [1.807, 2.05) is 6.92 Å². The molecule has 2 rings (SSSR count). The first-order valence-corrected chi connectivity index (χ1v) is 6.43. The summed E-state index contributed by atoms with van der Waals surface area (Å²) in [7, 11) is 0. The zero-order chi connectivity index (χ0) is 13.8. The van der Waals surface area contributed by atoms with E-state index in [4.69, 9.17) is 0 Å². The topological polar surface area (TPSA) is 50.9 Å². The summed E-state index contributed by atoms with van der Waals surface area (Å²) in [6, 6.07) is 5.03. The van der Waals surface area contributed by atoms with Gasteiger partial charge >= 0.3 is 0 Å². The Hall–Kier alpha value is -1.75. The van der Waals surface area contributed by atoms with Crippen molar-refractivity contribution in [2.45, 2.75) is 39.3 Å². The number of aromatic nitrogens is 3. The largest absolute Gasteiger partial charge is 0.388 e. The quantitative estimate of drug-likeness (QED) is 0.901. The van der Waals surface area contributed by atoms with Crippen LogP contribution in [0.1, 0.15) is 36.4 Å². The molecule has 1 aromatic carbocycles. The Balaban J connectivity index is 2.18. The highest BCUT2D eigenvalue weighted by atomic mass is 19.1. The SMILES string of the molecule is CCCn1ncnc1CC(O)c1cccc(C)c1F. The number of aliphatic hydroxyl groups excluding tert-OH is 1. The molecule has 0 spiro atoms. The molecule has 1 aromatic heterocycles. The zero-order valence-electron chi connectivity index (χ0n) is 11.2. The monoisotopic (exact) mass is 263 g/mol. The summed E-state index contributed by atoms with van der Waals surface area (Å²) in [5.74, 6) is 0.326. The van der Waals surface area contributed by atoms with Gasteiger partial charge in [0.05, 0.1) is 6.10 Å². The van der Waals surface area contributed by atoms with Crippen molar-refractivity contribution in [3.8, 4) is 0 Å². The molecule has 0 amide bonds. The predicted octanol–water partition coefficient (Wildman–Crippen LogP) is 2.41. The Morgan fingerprint density at radius 3 is 2.95 bits per heavy atom. The van der Waals surface area contributed by atoms with E-state index in [0.717, 1.165) is 13.0 Å². The number of aliphatic hydroxyl groups is 1. The number of rotatable bonds is 5. The zero-order valence-corrected chi connectivity index (χ0v) is 11.2. The van der Waals surface area contributed by atoms with E-state index in [-0.39, 0.29) is 12.2 Å². The fourth-order valence-corrected chi connectivity index (χ4v) is 2.06. The van der Waals surface area contributed by atoms with Gasteiger partial charge in [0.1, 0.15) is 18.0 Å². The molecule has 0 aliphatic carbocycles. The van der Waals surface area contributed by atoms with E-state index in [1.54, 1.807) is 29.8 Å². The van der Waals surface area contributed by atoms with Crippen LogP contribution in [-0.2, 0) is 13.0 Å². The van der Waals surface area contributed by atoms with Gasteiger partial charge in [-0.05, 0) is 18.9 Å². The third-order valence-electron chi connectivity index (χ3n) is 3.09. The highest BCUT2D eigenvalue weighted by Gasteiger charge is 2.17. The van der Waals surface area contributed by atoms with Gasteiger partial charge in [0.15, 0.2) is 0 Å². The summed E-state index contributed by atoms with van der Waals surface area (Å²) in [6.45, 7) is 4.48. The number of nitrogens with zero attached hydrogens (tertiary/aromatic N) is 3. The van der Waals surface area contributed by atoms with Crippen LogP contribution in [-0.4, -0.2) is 19.9 Å². The maximum atomic E-state index is 13.9. The van der Waals surface area contributed by atoms with Crippen LogP contribution in [0.4, 0.5) is 4.39 Å². The summed E-state index contributed by atoms with van der Waals surface area (Å²) >= 11 is 0. The summed E-state index contributed by atoms with van der Waals surface area (Å²) in [5.41, 5.74) is 0.845. The molecule has 0 radical (unpaired) electrons. The predicted molar refractivity (Wildman–Crippen MR) is 70.1 cm³/mol. The molecule has 19 heavy (non-hydrogen) atoms. The molecule has 5 heteroatoms. The van der Waals surface area contributed by atoms with Crippen LogP contribution in [0, 0.1) is 12.7 Å². The lowest BCUT2D eigenvalue weighted by molar-refractivity contribution is 0.169. The second-order valence-electron chi connectivity index (χ2n) is 4.60. The van der Waals surface area contributed by atoms with Gasteiger partial charge in [-0.3, -0.25) is 4.68 Å². The number of benzene rings is 1. The van der Waals surface area contributed by atoms with Crippen LogP contribution >= 0.6 is 0 Å². The van der Waals surface area contributed by atoms with Crippen molar-refractivity contribution < 1.29 is 9.50 Å². The minimum Gasteiger partial charge on any atom is -0.388 e. The number of hydrogen-bond acceptors (Lipinski definition) is 3. The number of aryl methyl sites for hydroxylation is 2. The van der Waals surface area contributed by atoms with Crippen molar-refractivity contribution in [1.29, 1.82) is 0 Å². The Kier molecular flexibility index (Phi) is 4.27. The minimum atomic E-state index is -0.903. The molecule has 1 heterocycles. The average molecular weight is 263 g/mol. The van der Waals surface area contributed by atoms with E-state index in [1.165, 1.54) is 6.33 Å². The van der Waals surface area contributed by atoms with Gasteiger partial charge in [-0.15, -0.1) is 0 Å². The molecular weight excluding hydrogens is 245 g/mol. The van der Waals surface area contributed by atoms with Gasteiger partial charge in [0, 0.05) is 18.5 Å². The van der Waals surface area contributed by atoms with Crippen molar-refractivity contribution in [3.63, 3.8) is 0 Å². The molecule has 0 fully saturated rings. The smallest absolute Gasteiger partial charge is 0.138 e. The third kappa shape index (κ3) is 2.98. The lowest BCUT2D eigenvalue weighted by atomic mass is 10.0. The van der Waals surface area contributed by atoms with Crippen LogP contribution in [0.25, 0.3) is 0 Å². The van der Waals surface area contributed by atoms with Crippen molar-refractivity contribution in [2.24, 2.45) is 0 Å². The summed E-state index contributed by atoms with van der Waals surface area (Å²) < 4.78 is 15.7. The second-order valence-corrected chi connectivity index (χ2v) is 4.60. The number of hydrogen-bond donors (Lipinski definition) is 1. The first kappa shape index (κ1) is 13.7. The van der Waals surface area contributed by atoms with E-state index in [0.29, 0.717) is 17.0 Å². The maximum Gasteiger partial charge on any atom is 0.138 e. The Bertz CT molecular complexity index is 553. The van der Waals surface area contributed by atoms with Crippen LogP contribution in [0.3, 0.4) is 0 Å². The van der Waals surface area contributed by atoms with Crippen LogP contribution in [0.2, 0.25) is 0 Å². The highest BCUT2D eigenvalue weighted by Crippen LogP contribution is 2.22. The molecule has 4 nitrogen and oxygen atoms in total. The first-order valence-electron chi connectivity index (χ1n) is 6.43. The third-order valence-corrected chi connectivity index (χ3v) is 3.09. The molecule has 0 saturated heterocycles. The fourth-order valence-electron chi connectivity index (χ4n) is 2.06. The van der Waals surface area contributed by atoms with E-state index < -0.39 is 6.10 Å². The summed E-state index contributed by atoms with van der Waals surface area (Å²) in [4.78, 5) is 4.12. The maximum absolute atomic E-state index is 13.9. The molecule has 1 N–H and O–H groups in total. The van der Waals surface area contributed by atoms with Crippen molar-refractivity contribution in [1.82, 2.24) is 14.8 Å². The molecule has 1 unspecified atom stereocenters. The normalized spacial score (nSPS) is 12.6. The molecule has 0 aliphatic rings. The molecule has 0 bridgehead atoms. The molecule has 2 aromatic rings. The summed E-state index contributed by atoms with van der Waals surface area (Å²) in [5, 5.41) is 14.3. The van der Waals surface area contributed by atoms with E-state index >= 15 is 0 Å². The van der Waals surface area contributed by atoms with Gasteiger partial charge in [0.25, 0.3) is 0 Å². The van der Waals surface area contributed by atoms with Crippen molar-refractivity contribution in [2.75, 3.05) is 0 Å². The van der Waals surface area contributed by atoms with Crippen molar-refractivity contribution >= 4 is 0 Å².